The third-order valence-electron chi connectivity index (χ3n) is 2.71. The van der Waals surface area contributed by atoms with Crippen molar-refractivity contribution in [2.24, 2.45) is 0 Å². The summed E-state index contributed by atoms with van der Waals surface area (Å²) in [5.41, 5.74) is 0.908. The van der Waals surface area contributed by atoms with E-state index in [4.69, 9.17) is 0 Å². The molecule has 19 heavy (non-hydrogen) atoms. The number of hydrogen-bond acceptors (Lipinski definition) is 4. The molecule has 1 aromatic rings. The molecule has 1 rings (SSSR count). The van der Waals surface area contributed by atoms with E-state index in [1.807, 2.05) is 18.0 Å². The lowest BCUT2D eigenvalue weighted by Gasteiger charge is -2.19. The van der Waals surface area contributed by atoms with Crippen molar-refractivity contribution in [3.05, 3.63) is 29.8 Å². The Kier molecular flexibility index (Phi) is 5.49. The molecule has 0 aliphatic carbocycles. The van der Waals surface area contributed by atoms with Crippen molar-refractivity contribution in [1.29, 1.82) is 0 Å². The molecule has 1 atom stereocenters. The topological polar surface area (TPSA) is 60.9 Å². The lowest BCUT2D eigenvalue weighted by atomic mass is 10.2. The molecule has 0 bridgehead atoms. The van der Waals surface area contributed by atoms with Crippen LogP contribution in [0.5, 0.6) is 0 Å². The van der Waals surface area contributed by atoms with Gasteiger partial charge in [0.25, 0.3) is 0 Å². The Balaban J connectivity index is 2.90. The molecule has 108 valence electrons. The lowest BCUT2D eigenvalue weighted by molar-refractivity contribution is 0.138. The van der Waals surface area contributed by atoms with Gasteiger partial charge in [-0.25, -0.2) is 12.7 Å². The third kappa shape index (κ3) is 4.58. The maximum Gasteiger partial charge on any atom is 0.242 e. The summed E-state index contributed by atoms with van der Waals surface area (Å²) < 4.78 is 25.2. The number of nitrogens with zero attached hydrogens (tertiary/aromatic N) is 2. The third-order valence-corrected chi connectivity index (χ3v) is 4.52. The van der Waals surface area contributed by atoms with Crippen molar-refractivity contribution in [3.63, 3.8) is 0 Å². The monoisotopic (exact) mass is 286 g/mol. The molecule has 0 heterocycles. The van der Waals surface area contributed by atoms with E-state index in [1.54, 1.807) is 25.1 Å². The number of likely N-dealkylation sites (N-methyl/N-ethyl adjacent to an activating group) is 1. The molecule has 1 unspecified atom stereocenters. The Morgan fingerprint density at radius 2 is 1.89 bits per heavy atom. The number of hydrogen-bond donors (Lipinski definition) is 1. The van der Waals surface area contributed by atoms with Gasteiger partial charge in [0.1, 0.15) is 0 Å². The van der Waals surface area contributed by atoms with Crippen molar-refractivity contribution >= 4 is 10.0 Å². The van der Waals surface area contributed by atoms with Crippen LogP contribution in [0.2, 0.25) is 0 Å². The van der Waals surface area contributed by atoms with Crippen LogP contribution >= 0.6 is 0 Å². The molecule has 0 saturated heterocycles. The average molecular weight is 286 g/mol. The zero-order valence-corrected chi connectivity index (χ0v) is 12.7. The maximum absolute atomic E-state index is 12.0. The molecule has 0 radical (unpaired) electrons. The van der Waals surface area contributed by atoms with Gasteiger partial charge in [-0.3, -0.25) is 4.90 Å². The molecule has 0 fully saturated rings. The first-order valence-corrected chi connectivity index (χ1v) is 7.55. The van der Waals surface area contributed by atoms with Crippen molar-refractivity contribution in [3.8, 4) is 0 Å². The fourth-order valence-corrected chi connectivity index (χ4v) is 2.81. The van der Waals surface area contributed by atoms with E-state index in [0.717, 1.165) is 5.56 Å². The second kappa shape index (κ2) is 6.47. The number of aliphatic hydroxyl groups is 1. The molecule has 0 amide bonds. The van der Waals surface area contributed by atoms with Crippen LogP contribution in [0.3, 0.4) is 0 Å². The summed E-state index contributed by atoms with van der Waals surface area (Å²) in [6.07, 6.45) is -0.404. The van der Waals surface area contributed by atoms with Crippen molar-refractivity contribution < 1.29 is 13.5 Å². The SMILES string of the molecule is CC(O)CN(C)Cc1cccc(S(=O)(=O)N(C)C)c1. The predicted octanol–water partition coefficient (Wildman–Crippen LogP) is 0.749. The molecular formula is C13H22N2O3S. The summed E-state index contributed by atoms with van der Waals surface area (Å²) in [4.78, 5) is 2.24. The molecule has 0 aromatic heterocycles. The van der Waals surface area contributed by atoms with Crippen LogP contribution in [0.25, 0.3) is 0 Å². The zero-order chi connectivity index (χ0) is 14.6. The van der Waals surface area contributed by atoms with Crippen LogP contribution in [0.15, 0.2) is 29.2 Å². The highest BCUT2D eigenvalue weighted by atomic mass is 32.2. The predicted molar refractivity (Wildman–Crippen MR) is 75.3 cm³/mol. The van der Waals surface area contributed by atoms with Crippen LogP contribution in [0, 0.1) is 0 Å². The number of aliphatic hydroxyl groups excluding tert-OH is 1. The maximum atomic E-state index is 12.0. The molecule has 1 N–H and O–H groups in total. The second-order valence-electron chi connectivity index (χ2n) is 4.98. The molecule has 6 heteroatoms. The van der Waals surface area contributed by atoms with Gasteiger partial charge in [0.15, 0.2) is 0 Å². The second-order valence-corrected chi connectivity index (χ2v) is 7.13. The number of sulfonamides is 1. The summed E-state index contributed by atoms with van der Waals surface area (Å²) in [6, 6.07) is 6.89. The Hall–Kier alpha value is -0.950. The van der Waals surface area contributed by atoms with E-state index in [1.165, 1.54) is 18.4 Å². The first kappa shape index (κ1) is 16.1. The van der Waals surface area contributed by atoms with E-state index in [0.29, 0.717) is 18.0 Å². The van der Waals surface area contributed by atoms with Crippen LogP contribution < -0.4 is 0 Å². The van der Waals surface area contributed by atoms with Gasteiger partial charge < -0.3 is 5.11 Å². The Labute approximate surface area is 115 Å². The van der Waals surface area contributed by atoms with Crippen LogP contribution in [0.1, 0.15) is 12.5 Å². The fourth-order valence-electron chi connectivity index (χ4n) is 1.84. The zero-order valence-electron chi connectivity index (χ0n) is 11.9. The van der Waals surface area contributed by atoms with Gasteiger partial charge in [0.05, 0.1) is 11.0 Å². The molecule has 0 saturated carbocycles. The van der Waals surface area contributed by atoms with E-state index in [9.17, 15) is 13.5 Å². The highest BCUT2D eigenvalue weighted by Gasteiger charge is 2.17. The van der Waals surface area contributed by atoms with Gasteiger partial charge in [-0.1, -0.05) is 12.1 Å². The van der Waals surface area contributed by atoms with Crippen LogP contribution in [0.4, 0.5) is 0 Å². The minimum Gasteiger partial charge on any atom is -0.392 e. The van der Waals surface area contributed by atoms with Crippen molar-refractivity contribution in [2.45, 2.75) is 24.5 Å². The average Bonchev–Trinajstić information content (AvgIpc) is 2.27. The van der Waals surface area contributed by atoms with Crippen molar-refractivity contribution in [1.82, 2.24) is 9.21 Å². The van der Waals surface area contributed by atoms with E-state index >= 15 is 0 Å². The van der Waals surface area contributed by atoms with Gasteiger partial charge in [-0.05, 0) is 31.7 Å². The molecule has 0 aliphatic heterocycles. The summed E-state index contributed by atoms with van der Waals surface area (Å²) in [5.74, 6) is 0. The highest BCUT2D eigenvalue weighted by Crippen LogP contribution is 2.15. The lowest BCUT2D eigenvalue weighted by Crippen LogP contribution is -2.27. The Morgan fingerprint density at radius 3 is 2.42 bits per heavy atom. The molecule has 1 aromatic carbocycles. The van der Waals surface area contributed by atoms with Crippen LogP contribution in [-0.4, -0.2) is 56.5 Å². The molecule has 5 nitrogen and oxygen atoms in total. The minimum atomic E-state index is -3.39. The summed E-state index contributed by atoms with van der Waals surface area (Å²) in [5, 5.41) is 9.31. The van der Waals surface area contributed by atoms with Gasteiger partial charge in [0.2, 0.25) is 10.0 Å². The highest BCUT2D eigenvalue weighted by molar-refractivity contribution is 7.89. The van der Waals surface area contributed by atoms with Crippen LogP contribution in [-0.2, 0) is 16.6 Å². The first-order valence-electron chi connectivity index (χ1n) is 6.11. The van der Waals surface area contributed by atoms with E-state index < -0.39 is 16.1 Å². The summed E-state index contributed by atoms with van der Waals surface area (Å²) >= 11 is 0. The van der Waals surface area contributed by atoms with E-state index in [2.05, 4.69) is 0 Å². The Morgan fingerprint density at radius 1 is 1.26 bits per heavy atom. The van der Waals surface area contributed by atoms with E-state index in [-0.39, 0.29) is 0 Å². The quantitative estimate of drug-likeness (QED) is 0.838. The van der Waals surface area contributed by atoms with Gasteiger partial charge in [0, 0.05) is 27.2 Å². The standard InChI is InChI=1S/C13H22N2O3S/c1-11(16)9-15(4)10-12-6-5-7-13(8-12)19(17,18)14(2)3/h5-8,11,16H,9-10H2,1-4H3. The van der Waals surface area contributed by atoms with Gasteiger partial charge in [-0.2, -0.15) is 0 Å². The number of benzene rings is 1. The summed E-state index contributed by atoms with van der Waals surface area (Å²) in [6.45, 7) is 2.87. The first-order chi connectivity index (χ1) is 8.73. The smallest absolute Gasteiger partial charge is 0.242 e. The molecular weight excluding hydrogens is 264 g/mol. The molecule has 0 spiro atoms. The fraction of sp³-hybridized carbons (Fsp3) is 0.538. The normalized spacial score (nSPS) is 14.1. The summed E-state index contributed by atoms with van der Waals surface area (Å²) in [7, 11) is 1.53. The van der Waals surface area contributed by atoms with Gasteiger partial charge >= 0.3 is 0 Å². The minimum absolute atomic E-state index is 0.292. The van der Waals surface area contributed by atoms with Gasteiger partial charge in [-0.15, -0.1) is 0 Å². The molecule has 0 aliphatic rings. The Bertz CT molecular complexity index is 512. The largest absolute Gasteiger partial charge is 0.392 e. The van der Waals surface area contributed by atoms with Crippen molar-refractivity contribution in [2.75, 3.05) is 27.7 Å². The number of rotatable bonds is 6.